The van der Waals surface area contributed by atoms with Crippen molar-refractivity contribution in [3.05, 3.63) is 28.2 Å². The molecule has 5 heteroatoms. The standard InChI is InChI=1S/C9H10Cl2N2O/c1-5(12)9(14)13-6-2-3-7(10)8(11)4-6/h2-5H,12H2,1H3,(H,13,14). The van der Waals surface area contributed by atoms with Crippen molar-refractivity contribution in [1.29, 1.82) is 0 Å². The van der Waals surface area contributed by atoms with Gasteiger partial charge in [0.05, 0.1) is 16.1 Å². The van der Waals surface area contributed by atoms with Gasteiger partial charge in [0.15, 0.2) is 0 Å². The molecular formula is C9H10Cl2N2O. The third kappa shape index (κ3) is 2.87. The van der Waals surface area contributed by atoms with Crippen LogP contribution < -0.4 is 11.1 Å². The van der Waals surface area contributed by atoms with Crippen LogP contribution in [0.5, 0.6) is 0 Å². The fourth-order valence-electron chi connectivity index (χ4n) is 0.830. The molecule has 0 aliphatic carbocycles. The SMILES string of the molecule is CC(N)C(=O)Nc1ccc(Cl)c(Cl)c1. The number of hydrogen-bond acceptors (Lipinski definition) is 2. The minimum Gasteiger partial charge on any atom is -0.325 e. The van der Waals surface area contributed by atoms with Crippen molar-refractivity contribution in [2.24, 2.45) is 5.73 Å². The fourth-order valence-corrected chi connectivity index (χ4v) is 1.13. The summed E-state index contributed by atoms with van der Waals surface area (Å²) in [6.07, 6.45) is 0. The van der Waals surface area contributed by atoms with Crippen LogP contribution in [0.3, 0.4) is 0 Å². The highest BCUT2D eigenvalue weighted by molar-refractivity contribution is 6.42. The molecule has 0 aliphatic heterocycles. The van der Waals surface area contributed by atoms with Crippen molar-refractivity contribution in [3.63, 3.8) is 0 Å². The zero-order valence-corrected chi connectivity index (χ0v) is 9.06. The first kappa shape index (κ1) is 11.3. The zero-order valence-electron chi connectivity index (χ0n) is 7.55. The summed E-state index contributed by atoms with van der Waals surface area (Å²) in [4.78, 5) is 11.2. The Morgan fingerprint density at radius 2 is 2.07 bits per heavy atom. The van der Waals surface area contributed by atoms with E-state index in [4.69, 9.17) is 28.9 Å². The van der Waals surface area contributed by atoms with Crippen molar-refractivity contribution in [3.8, 4) is 0 Å². The lowest BCUT2D eigenvalue weighted by molar-refractivity contribution is -0.117. The highest BCUT2D eigenvalue weighted by Crippen LogP contribution is 2.24. The van der Waals surface area contributed by atoms with E-state index in [0.717, 1.165) is 0 Å². The summed E-state index contributed by atoms with van der Waals surface area (Å²) in [5, 5.41) is 3.45. The Morgan fingerprint density at radius 3 is 2.57 bits per heavy atom. The molecular weight excluding hydrogens is 223 g/mol. The molecule has 0 heterocycles. The minimum atomic E-state index is -0.551. The zero-order chi connectivity index (χ0) is 10.7. The summed E-state index contributed by atoms with van der Waals surface area (Å²) in [6.45, 7) is 1.60. The molecule has 0 bridgehead atoms. The van der Waals surface area contributed by atoms with Gasteiger partial charge in [-0.05, 0) is 25.1 Å². The van der Waals surface area contributed by atoms with E-state index in [2.05, 4.69) is 5.32 Å². The largest absolute Gasteiger partial charge is 0.325 e. The van der Waals surface area contributed by atoms with Crippen LogP contribution in [-0.4, -0.2) is 11.9 Å². The number of amides is 1. The Bertz CT molecular complexity index is 353. The highest BCUT2D eigenvalue weighted by Gasteiger charge is 2.08. The molecule has 1 rings (SSSR count). The van der Waals surface area contributed by atoms with Crippen LogP contribution in [0.25, 0.3) is 0 Å². The van der Waals surface area contributed by atoms with Gasteiger partial charge in [0.25, 0.3) is 0 Å². The van der Waals surface area contributed by atoms with Gasteiger partial charge in [-0.2, -0.15) is 0 Å². The van der Waals surface area contributed by atoms with Gasteiger partial charge >= 0.3 is 0 Å². The van der Waals surface area contributed by atoms with E-state index in [1.165, 1.54) is 0 Å². The average molecular weight is 233 g/mol. The fraction of sp³-hybridized carbons (Fsp3) is 0.222. The van der Waals surface area contributed by atoms with E-state index in [9.17, 15) is 4.79 Å². The highest BCUT2D eigenvalue weighted by atomic mass is 35.5. The molecule has 76 valence electrons. The normalized spacial score (nSPS) is 12.3. The smallest absolute Gasteiger partial charge is 0.240 e. The lowest BCUT2D eigenvalue weighted by atomic mass is 10.3. The van der Waals surface area contributed by atoms with Crippen molar-refractivity contribution >= 4 is 34.8 Å². The molecule has 0 saturated heterocycles. The van der Waals surface area contributed by atoms with Crippen LogP contribution in [0.1, 0.15) is 6.92 Å². The number of benzene rings is 1. The van der Waals surface area contributed by atoms with Crippen molar-refractivity contribution in [1.82, 2.24) is 0 Å². The number of anilines is 1. The summed E-state index contributed by atoms with van der Waals surface area (Å²) in [7, 11) is 0. The number of halogens is 2. The van der Waals surface area contributed by atoms with Crippen LogP contribution in [0.4, 0.5) is 5.69 Å². The second-order valence-corrected chi connectivity index (χ2v) is 3.72. The van der Waals surface area contributed by atoms with Gasteiger partial charge < -0.3 is 11.1 Å². The summed E-state index contributed by atoms with van der Waals surface area (Å²) < 4.78 is 0. The molecule has 1 atom stereocenters. The number of nitrogens with one attached hydrogen (secondary N) is 1. The third-order valence-corrected chi connectivity index (χ3v) is 2.34. The first-order valence-corrected chi connectivity index (χ1v) is 4.78. The molecule has 3 N–H and O–H groups in total. The molecule has 14 heavy (non-hydrogen) atoms. The Hall–Kier alpha value is -0.770. The number of hydrogen-bond donors (Lipinski definition) is 2. The van der Waals surface area contributed by atoms with E-state index < -0.39 is 6.04 Å². The lowest BCUT2D eigenvalue weighted by Crippen LogP contribution is -2.32. The molecule has 0 saturated carbocycles. The van der Waals surface area contributed by atoms with Gasteiger partial charge in [0, 0.05) is 5.69 Å². The molecule has 0 fully saturated rings. The van der Waals surface area contributed by atoms with E-state index in [1.54, 1.807) is 25.1 Å². The maximum absolute atomic E-state index is 11.2. The molecule has 1 aromatic rings. The molecule has 0 spiro atoms. The second-order valence-electron chi connectivity index (χ2n) is 2.91. The van der Waals surface area contributed by atoms with Crippen LogP contribution >= 0.6 is 23.2 Å². The quantitative estimate of drug-likeness (QED) is 0.823. The Kier molecular flexibility index (Phi) is 3.75. The number of carbonyl (C=O) groups is 1. The van der Waals surface area contributed by atoms with Crippen molar-refractivity contribution in [2.45, 2.75) is 13.0 Å². The second kappa shape index (κ2) is 4.64. The van der Waals surface area contributed by atoms with Crippen molar-refractivity contribution in [2.75, 3.05) is 5.32 Å². The van der Waals surface area contributed by atoms with Crippen LogP contribution in [0.15, 0.2) is 18.2 Å². The average Bonchev–Trinajstić information content (AvgIpc) is 2.11. The number of nitrogens with two attached hydrogens (primary N) is 1. The molecule has 1 aromatic carbocycles. The topological polar surface area (TPSA) is 55.1 Å². The summed E-state index contributed by atoms with van der Waals surface area (Å²) >= 11 is 11.5. The van der Waals surface area contributed by atoms with Gasteiger partial charge in [-0.25, -0.2) is 0 Å². The van der Waals surface area contributed by atoms with Crippen molar-refractivity contribution < 1.29 is 4.79 Å². The maximum Gasteiger partial charge on any atom is 0.240 e. The Balaban J connectivity index is 2.78. The first-order valence-electron chi connectivity index (χ1n) is 4.02. The van der Waals surface area contributed by atoms with Gasteiger partial charge in [-0.3, -0.25) is 4.79 Å². The third-order valence-electron chi connectivity index (χ3n) is 1.60. The van der Waals surface area contributed by atoms with Crippen LogP contribution in [0.2, 0.25) is 10.0 Å². The monoisotopic (exact) mass is 232 g/mol. The van der Waals surface area contributed by atoms with E-state index >= 15 is 0 Å². The molecule has 3 nitrogen and oxygen atoms in total. The van der Waals surface area contributed by atoms with E-state index in [-0.39, 0.29) is 5.91 Å². The lowest BCUT2D eigenvalue weighted by Gasteiger charge is -2.08. The van der Waals surface area contributed by atoms with E-state index in [0.29, 0.717) is 15.7 Å². The molecule has 0 aromatic heterocycles. The predicted octanol–water partition coefficient (Wildman–Crippen LogP) is 2.28. The maximum atomic E-state index is 11.2. The van der Waals surface area contributed by atoms with Crippen LogP contribution in [0, 0.1) is 0 Å². The van der Waals surface area contributed by atoms with Gasteiger partial charge in [-0.1, -0.05) is 23.2 Å². The minimum absolute atomic E-state index is 0.261. The molecule has 1 unspecified atom stereocenters. The summed E-state index contributed by atoms with van der Waals surface area (Å²) in [6, 6.07) is 4.30. The summed E-state index contributed by atoms with van der Waals surface area (Å²) in [5.41, 5.74) is 5.97. The van der Waals surface area contributed by atoms with Gasteiger partial charge in [-0.15, -0.1) is 0 Å². The summed E-state index contributed by atoms with van der Waals surface area (Å²) in [5.74, 6) is -0.261. The predicted molar refractivity (Wildman–Crippen MR) is 58.7 cm³/mol. The Labute approximate surface area is 92.2 Å². The number of rotatable bonds is 2. The first-order chi connectivity index (χ1) is 6.50. The van der Waals surface area contributed by atoms with Crippen LogP contribution in [-0.2, 0) is 4.79 Å². The molecule has 0 aliphatic rings. The molecule has 1 amide bonds. The van der Waals surface area contributed by atoms with Gasteiger partial charge in [0.1, 0.15) is 0 Å². The number of carbonyl (C=O) groups excluding carboxylic acids is 1. The van der Waals surface area contributed by atoms with E-state index in [1.807, 2.05) is 0 Å². The molecule has 0 radical (unpaired) electrons. The Morgan fingerprint density at radius 1 is 1.43 bits per heavy atom. The van der Waals surface area contributed by atoms with Gasteiger partial charge in [0.2, 0.25) is 5.91 Å².